The first-order valence-corrected chi connectivity index (χ1v) is 9.04. The van der Waals surface area contributed by atoms with E-state index in [1.165, 1.54) is 5.56 Å². The summed E-state index contributed by atoms with van der Waals surface area (Å²) < 4.78 is 2.08. The minimum Gasteiger partial charge on any atom is -0.339 e. The largest absolute Gasteiger partial charge is 0.339 e. The highest BCUT2D eigenvalue weighted by molar-refractivity contribution is 5.78. The molecule has 25 heavy (non-hydrogen) atoms. The van der Waals surface area contributed by atoms with E-state index in [0.29, 0.717) is 19.0 Å². The van der Waals surface area contributed by atoms with E-state index in [4.69, 9.17) is 0 Å². The van der Waals surface area contributed by atoms with Crippen molar-refractivity contribution in [2.75, 3.05) is 6.54 Å². The van der Waals surface area contributed by atoms with Crippen molar-refractivity contribution in [2.45, 2.75) is 38.3 Å². The van der Waals surface area contributed by atoms with Crippen molar-refractivity contribution in [1.29, 1.82) is 0 Å². The molecule has 4 nitrogen and oxygen atoms in total. The highest BCUT2D eigenvalue weighted by Gasteiger charge is 2.28. The number of rotatable bonds is 5. The Hall–Kier alpha value is -2.62. The maximum atomic E-state index is 12.8. The zero-order valence-corrected chi connectivity index (χ0v) is 14.3. The summed E-state index contributed by atoms with van der Waals surface area (Å²) >= 11 is 0. The van der Waals surface area contributed by atoms with Crippen molar-refractivity contribution in [3.63, 3.8) is 0 Å². The third-order valence-electron chi connectivity index (χ3n) is 5.11. The Balaban J connectivity index is 1.40. The van der Waals surface area contributed by atoms with Gasteiger partial charge in [-0.05, 0) is 37.0 Å². The maximum Gasteiger partial charge on any atom is 0.224 e. The van der Waals surface area contributed by atoms with Gasteiger partial charge in [-0.2, -0.15) is 0 Å². The minimum atomic E-state index is 0.260. The molecule has 1 aromatic heterocycles. The summed E-state index contributed by atoms with van der Waals surface area (Å²) in [6.07, 6.45) is 5.54. The summed E-state index contributed by atoms with van der Waals surface area (Å²) in [5, 5.41) is 0. The first kappa shape index (κ1) is 15.9. The van der Waals surface area contributed by atoms with E-state index in [-0.39, 0.29) is 5.91 Å². The molecule has 1 fully saturated rings. The fourth-order valence-corrected chi connectivity index (χ4v) is 3.81. The lowest BCUT2D eigenvalue weighted by molar-refractivity contribution is -0.132. The molecular formula is C21H23N3O. The summed E-state index contributed by atoms with van der Waals surface area (Å²) in [5.74, 6) is 0.260. The Labute approximate surface area is 148 Å². The molecule has 4 rings (SSSR count). The van der Waals surface area contributed by atoms with Crippen LogP contribution in [-0.2, 0) is 17.8 Å². The summed E-state index contributed by atoms with van der Waals surface area (Å²) in [6.45, 7) is 1.58. The molecule has 0 saturated carbocycles. The molecule has 128 valence electrons. The third kappa shape index (κ3) is 3.43. The molecule has 1 aliphatic heterocycles. The Morgan fingerprint density at radius 3 is 2.76 bits per heavy atom. The predicted octanol–water partition coefficient (Wildman–Crippen LogP) is 3.66. The number of aryl methyl sites for hydroxylation is 1. The average Bonchev–Trinajstić information content (AvgIpc) is 3.27. The van der Waals surface area contributed by atoms with Gasteiger partial charge in [0.2, 0.25) is 5.91 Å². The van der Waals surface area contributed by atoms with Gasteiger partial charge in [-0.1, -0.05) is 42.5 Å². The minimum absolute atomic E-state index is 0.260. The normalized spacial score (nSPS) is 17.3. The highest BCUT2D eigenvalue weighted by Crippen LogP contribution is 2.22. The van der Waals surface area contributed by atoms with Gasteiger partial charge in [0.1, 0.15) is 0 Å². The quantitative estimate of drug-likeness (QED) is 0.715. The molecule has 4 heteroatoms. The van der Waals surface area contributed by atoms with Crippen molar-refractivity contribution in [3.05, 3.63) is 66.5 Å². The number of aromatic nitrogens is 2. The lowest BCUT2D eigenvalue weighted by Gasteiger charge is -2.25. The van der Waals surface area contributed by atoms with Crippen molar-refractivity contribution < 1.29 is 4.79 Å². The van der Waals surface area contributed by atoms with E-state index in [1.54, 1.807) is 0 Å². The second kappa shape index (κ2) is 7.09. The van der Waals surface area contributed by atoms with Crippen LogP contribution in [-0.4, -0.2) is 32.9 Å². The zero-order valence-electron chi connectivity index (χ0n) is 14.3. The average molecular weight is 333 g/mol. The molecule has 0 aliphatic carbocycles. The molecule has 1 atom stereocenters. The third-order valence-corrected chi connectivity index (χ3v) is 5.11. The van der Waals surface area contributed by atoms with Crippen LogP contribution in [0.1, 0.15) is 24.8 Å². The SMILES string of the molecule is O=C(CCn1cnc2ccccc21)N1CCCC1Cc1ccccc1. The molecule has 3 aromatic rings. The number of amides is 1. The fraction of sp³-hybridized carbons (Fsp3) is 0.333. The Kier molecular flexibility index (Phi) is 4.51. The Bertz CT molecular complexity index is 856. The van der Waals surface area contributed by atoms with Gasteiger partial charge in [0, 0.05) is 25.6 Å². The standard InChI is InChI=1S/C21H23N3O/c25-21(12-14-23-16-22-19-10-4-5-11-20(19)23)24-13-6-9-18(24)15-17-7-2-1-3-8-17/h1-5,7-8,10-11,16,18H,6,9,12-15H2. The Morgan fingerprint density at radius 1 is 1.08 bits per heavy atom. The van der Waals surface area contributed by atoms with Gasteiger partial charge in [-0.15, -0.1) is 0 Å². The van der Waals surface area contributed by atoms with Crippen LogP contribution in [0.3, 0.4) is 0 Å². The van der Waals surface area contributed by atoms with Crippen LogP contribution in [0.25, 0.3) is 11.0 Å². The number of hydrogen-bond donors (Lipinski definition) is 0. The highest BCUT2D eigenvalue weighted by atomic mass is 16.2. The number of carbonyl (C=O) groups is 1. The molecule has 0 radical (unpaired) electrons. The number of benzene rings is 2. The van der Waals surface area contributed by atoms with E-state index in [0.717, 1.165) is 36.8 Å². The second-order valence-corrected chi connectivity index (χ2v) is 6.75. The maximum absolute atomic E-state index is 12.8. The van der Waals surface area contributed by atoms with Gasteiger partial charge in [0.15, 0.2) is 0 Å². The van der Waals surface area contributed by atoms with E-state index in [9.17, 15) is 4.79 Å². The first-order valence-electron chi connectivity index (χ1n) is 9.04. The van der Waals surface area contributed by atoms with E-state index in [2.05, 4.69) is 44.8 Å². The van der Waals surface area contributed by atoms with Gasteiger partial charge in [-0.25, -0.2) is 4.98 Å². The Morgan fingerprint density at radius 2 is 1.88 bits per heavy atom. The molecule has 2 heterocycles. The van der Waals surface area contributed by atoms with Crippen LogP contribution in [0.15, 0.2) is 60.9 Å². The van der Waals surface area contributed by atoms with Gasteiger partial charge in [0.05, 0.1) is 17.4 Å². The fourth-order valence-electron chi connectivity index (χ4n) is 3.81. The topological polar surface area (TPSA) is 38.1 Å². The number of nitrogens with zero attached hydrogens (tertiary/aromatic N) is 3. The van der Waals surface area contributed by atoms with E-state index < -0.39 is 0 Å². The van der Waals surface area contributed by atoms with Crippen molar-refractivity contribution in [3.8, 4) is 0 Å². The zero-order chi connectivity index (χ0) is 17.1. The van der Waals surface area contributed by atoms with Crippen LogP contribution in [0.5, 0.6) is 0 Å². The van der Waals surface area contributed by atoms with Crippen molar-refractivity contribution in [2.24, 2.45) is 0 Å². The van der Waals surface area contributed by atoms with Crippen LogP contribution in [0.2, 0.25) is 0 Å². The molecule has 0 spiro atoms. The lowest BCUT2D eigenvalue weighted by Crippen LogP contribution is -2.37. The molecular weight excluding hydrogens is 310 g/mol. The number of para-hydroxylation sites is 2. The number of fused-ring (bicyclic) bond motifs is 1. The van der Waals surface area contributed by atoms with Gasteiger partial charge in [0.25, 0.3) is 0 Å². The number of carbonyl (C=O) groups excluding carboxylic acids is 1. The molecule has 1 amide bonds. The van der Waals surface area contributed by atoms with E-state index in [1.807, 2.05) is 30.6 Å². The summed E-state index contributed by atoms with van der Waals surface area (Å²) in [7, 11) is 0. The van der Waals surface area contributed by atoms with Crippen LogP contribution < -0.4 is 0 Å². The summed E-state index contributed by atoms with van der Waals surface area (Å²) in [6, 6.07) is 18.9. The van der Waals surface area contributed by atoms with Gasteiger partial charge in [-0.3, -0.25) is 4.79 Å². The van der Waals surface area contributed by atoms with Crippen LogP contribution in [0.4, 0.5) is 0 Å². The number of hydrogen-bond acceptors (Lipinski definition) is 2. The van der Waals surface area contributed by atoms with Crippen molar-refractivity contribution >= 4 is 16.9 Å². The number of likely N-dealkylation sites (tertiary alicyclic amines) is 1. The second-order valence-electron chi connectivity index (χ2n) is 6.75. The molecule has 2 aromatic carbocycles. The van der Waals surface area contributed by atoms with Crippen molar-refractivity contribution in [1.82, 2.24) is 14.5 Å². The summed E-state index contributed by atoms with van der Waals surface area (Å²) in [5.41, 5.74) is 3.39. The predicted molar refractivity (Wildman–Crippen MR) is 99.2 cm³/mol. The van der Waals surface area contributed by atoms with Crippen LogP contribution >= 0.6 is 0 Å². The molecule has 0 bridgehead atoms. The smallest absolute Gasteiger partial charge is 0.224 e. The lowest BCUT2D eigenvalue weighted by atomic mass is 10.0. The molecule has 1 saturated heterocycles. The molecule has 0 N–H and O–H groups in total. The summed E-state index contributed by atoms with van der Waals surface area (Å²) in [4.78, 5) is 19.3. The molecule has 1 aliphatic rings. The van der Waals surface area contributed by atoms with Gasteiger partial charge >= 0.3 is 0 Å². The van der Waals surface area contributed by atoms with Crippen LogP contribution in [0, 0.1) is 0 Å². The number of imidazole rings is 1. The van der Waals surface area contributed by atoms with Gasteiger partial charge < -0.3 is 9.47 Å². The first-order chi connectivity index (χ1) is 12.3. The monoisotopic (exact) mass is 333 g/mol. The van der Waals surface area contributed by atoms with E-state index >= 15 is 0 Å². The molecule has 1 unspecified atom stereocenters.